The molecule has 1 aromatic rings. The number of carboxylic acids is 1. The van der Waals surface area contributed by atoms with Gasteiger partial charge in [-0.25, -0.2) is 0 Å². The molecule has 0 saturated carbocycles. The molecule has 0 fully saturated rings. The van der Waals surface area contributed by atoms with E-state index in [4.69, 9.17) is 9.47 Å². The molecule has 1 aliphatic heterocycles. The van der Waals surface area contributed by atoms with Gasteiger partial charge in [0.2, 0.25) is 5.91 Å². The molecular weight excluding hydrogens is 321 g/mol. The van der Waals surface area contributed by atoms with Crippen LogP contribution in [0.25, 0.3) is 0 Å². The molecule has 0 unspecified atom stereocenters. The number of ether oxygens (including phenoxy) is 2. The fourth-order valence-electron chi connectivity index (χ4n) is 2.47. The van der Waals surface area contributed by atoms with Crippen molar-refractivity contribution in [2.75, 3.05) is 13.2 Å². The van der Waals surface area contributed by atoms with E-state index in [2.05, 4.69) is 5.32 Å². The van der Waals surface area contributed by atoms with E-state index in [1.54, 1.807) is 13.8 Å². The minimum Gasteiger partial charge on any atom is -0.550 e. The van der Waals surface area contributed by atoms with Crippen LogP contribution in [-0.4, -0.2) is 25.1 Å². The van der Waals surface area contributed by atoms with Gasteiger partial charge in [0.05, 0.1) is 13.2 Å². The Kier molecular flexibility index (Phi) is 8.06. The molecule has 1 aromatic carbocycles. The predicted octanol–water partition coefficient (Wildman–Crippen LogP) is -1.98. The van der Waals surface area contributed by atoms with Crippen LogP contribution in [-0.2, 0) is 16.1 Å². The quantitative estimate of drug-likeness (QED) is 0.605. The summed E-state index contributed by atoms with van der Waals surface area (Å²) in [5.74, 6) is 0.0632. The van der Waals surface area contributed by atoms with Gasteiger partial charge in [0.25, 0.3) is 0 Å². The molecule has 2 rings (SSSR count). The molecule has 1 N–H and O–H groups in total. The maximum absolute atomic E-state index is 12.0. The van der Waals surface area contributed by atoms with Gasteiger partial charge in [-0.05, 0) is 29.5 Å². The minimum atomic E-state index is -1.15. The van der Waals surface area contributed by atoms with Gasteiger partial charge in [-0.3, -0.25) is 4.79 Å². The molecule has 6 nitrogen and oxygen atoms in total. The molecule has 1 aliphatic rings. The average molecular weight is 343 g/mol. The van der Waals surface area contributed by atoms with Crippen LogP contribution in [0.4, 0.5) is 0 Å². The standard InChI is InChI=1S/C17H23NO5.Na/c1-17(2,10-16(20)21)9-15(19)18-11-12-4-5-13-14(8-12)23-7-3-6-22-13;/h4-5,8H,3,6-7,9-11H2,1-2H3,(H,18,19)(H,20,21);/q;+1/p-1. The Labute approximate surface area is 164 Å². The second-order valence-corrected chi connectivity index (χ2v) is 6.50. The summed E-state index contributed by atoms with van der Waals surface area (Å²) >= 11 is 0. The monoisotopic (exact) mass is 343 g/mol. The van der Waals surface area contributed by atoms with Crippen molar-refractivity contribution < 1.29 is 53.7 Å². The molecule has 7 heteroatoms. The average Bonchev–Trinajstić information content (AvgIpc) is 2.67. The van der Waals surface area contributed by atoms with E-state index in [1.165, 1.54) is 0 Å². The van der Waals surface area contributed by atoms with Gasteiger partial charge < -0.3 is 24.7 Å². The van der Waals surface area contributed by atoms with E-state index in [0.717, 1.165) is 12.0 Å². The molecule has 0 spiro atoms. The number of carbonyl (C=O) groups excluding carboxylic acids is 2. The van der Waals surface area contributed by atoms with Crippen LogP contribution >= 0.6 is 0 Å². The van der Waals surface area contributed by atoms with Crippen LogP contribution in [0.2, 0.25) is 0 Å². The minimum absolute atomic E-state index is 0. The second kappa shape index (κ2) is 9.30. The number of hydrogen-bond donors (Lipinski definition) is 1. The summed E-state index contributed by atoms with van der Waals surface area (Å²) in [5, 5.41) is 13.5. The third kappa shape index (κ3) is 6.71. The molecule has 24 heavy (non-hydrogen) atoms. The zero-order valence-electron chi connectivity index (χ0n) is 14.5. The number of benzene rings is 1. The fourth-order valence-corrected chi connectivity index (χ4v) is 2.47. The van der Waals surface area contributed by atoms with E-state index in [-0.39, 0.29) is 48.3 Å². The third-order valence-electron chi connectivity index (χ3n) is 3.56. The molecule has 0 bridgehead atoms. The smallest absolute Gasteiger partial charge is 0.550 e. The number of rotatable bonds is 6. The molecule has 0 radical (unpaired) electrons. The van der Waals surface area contributed by atoms with Crippen LogP contribution in [0.5, 0.6) is 11.5 Å². The summed E-state index contributed by atoms with van der Waals surface area (Å²) in [4.78, 5) is 22.6. The van der Waals surface area contributed by atoms with Gasteiger partial charge in [-0.15, -0.1) is 0 Å². The Bertz CT molecular complexity index is 588. The first-order chi connectivity index (χ1) is 10.9. The SMILES string of the molecule is CC(C)(CC(=O)[O-])CC(=O)NCc1ccc2c(c1)OCCCO2.[Na+]. The molecular formula is C17H22NNaO5. The van der Waals surface area contributed by atoms with Gasteiger partial charge in [-0.1, -0.05) is 19.9 Å². The van der Waals surface area contributed by atoms with E-state index < -0.39 is 11.4 Å². The Hall–Kier alpha value is -1.24. The fraction of sp³-hybridized carbons (Fsp3) is 0.529. The van der Waals surface area contributed by atoms with Gasteiger partial charge in [0.15, 0.2) is 11.5 Å². The molecule has 0 aromatic heterocycles. The van der Waals surface area contributed by atoms with Crippen LogP contribution in [0, 0.1) is 5.41 Å². The van der Waals surface area contributed by atoms with Crippen molar-refractivity contribution in [3.05, 3.63) is 23.8 Å². The van der Waals surface area contributed by atoms with Gasteiger partial charge in [0.1, 0.15) is 0 Å². The van der Waals surface area contributed by atoms with E-state index >= 15 is 0 Å². The van der Waals surface area contributed by atoms with Crippen LogP contribution in [0.15, 0.2) is 18.2 Å². The zero-order valence-corrected chi connectivity index (χ0v) is 16.5. The molecule has 0 atom stereocenters. The van der Waals surface area contributed by atoms with E-state index in [0.29, 0.717) is 31.3 Å². The molecule has 0 saturated heterocycles. The van der Waals surface area contributed by atoms with Crippen molar-refractivity contribution in [1.29, 1.82) is 0 Å². The van der Waals surface area contributed by atoms with Crippen molar-refractivity contribution in [3.8, 4) is 11.5 Å². The van der Waals surface area contributed by atoms with Crippen molar-refractivity contribution in [2.24, 2.45) is 5.41 Å². The summed E-state index contributed by atoms with van der Waals surface area (Å²) in [6.07, 6.45) is 0.824. The van der Waals surface area contributed by atoms with E-state index in [9.17, 15) is 14.7 Å². The largest absolute Gasteiger partial charge is 1.00 e. The number of hydrogen-bond acceptors (Lipinski definition) is 5. The molecule has 126 valence electrons. The third-order valence-corrected chi connectivity index (χ3v) is 3.56. The van der Waals surface area contributed by atoms with Gasteiger partial charge in [0, 0.05) is 25.4 Å². The molecule has 1 amide bonds. The molecule has 1 heterocycles. The summed E-state index contributed by atoms with van der Waals surface area (Å²) in [6.45, 7) is 5.07. The topological polar surface area (TPSA) is 87.7 Å². The van der Waals surface area contributed by atoms with Crippen molar-refractivity contribution in [2.45, 2.75) is 39.7 Å². The molecule has 0 aliphatic carbocycles. The second-order valence-electron chi connectivity index (χ2n) is 6.50. The van der Waals surface area contributed by atoms with Crippen LogP contribution < -0.4 is 49.5 Å². The summed E-state index contributed by atoms with van der Waals surface area (Å²) in [7, 11) is 0. The normalized spacial score (nSPS) is 13.4. The number of amides is 1. The summed E-state index contributed by atoms with van der Waals surface area (Å²) < 4.78 is 11.2. The van der Waals surface area contributed by atoms with Crippen molar-refractivity contribution in [3.63, 3.8) is 0 Å². The Balaban J connectivity index is 0.00000288. The van der Waals surface area contributed by atoms with Gasteiger partial charge in [-0.2, -0.15) is 0 Å². The first-order valence-corrected chi connectivity index (χ1v) is 7.71. The number of carboxylic acid groups (broad SMARTS) is 1. The van der Waals surface area contributed by atoms with Crippen LogP contribution in [0.3, 0.4) is 0 Å². The Morgan fingerprint density at radius 2 is 1.83 bits per heavy atom. The van der Waals surface area contributed by atoms with Crippen LogP contribution in [0.1, 0.15) is 38.7 Å². The number of carbonyl (C=O) groups is 2. The Morgan fingerprint density at radius 3 is 2.50 bits per heavy atom. The number of aliphatic carboxylic acids is 1. The predicted molar refractivity (Wildman–Crippen MR) is 81.9 cm³/mol. The van der Waals surface area contributed by atoms with E-state index in [1.807, 2.05) is 18.2 Å². The first kappa shape index (κ1) is 20.8. The van der Waals surface area contributed by atoms with Crippen molar-refractivity contribution in [1.82, 2.24) is 5.32 Å². The maximum Gasteiger partial charge on any atom is 1.00 e. The Morgan fingerprint density at radius 1 is 1.17 bits per heavy atom. The summed E-state index contributed by atoms with van der Waals surface area (Å²) in [6, 6.07) is 5.57. The zero-order chi connectivity index (χ0) is 16.9. The first-order valence-electron chi connectivity index (χ1n) is 7.71. The number of fused-ring (bicyclic) bond motifs is 1. The maximum atomic E-state index is 12.0. The number of nitrogens with one attached hydrogen (secondary N) is 1. The van der Waals surface area contributed by atoms with Gasteiger partial charge >= 0.3 is 29.6 Å². The summed E-state index contributed by atoms with van der Waals surface area (Å²) in [5.41, 5.74) is 0.272. The van der Waals surface area contributed by atoms with Crippen molar-refractivity contribution >= 4 is 11.9 Å².